The number of piperidine rings is 1. The van der Waals surface area contributed by atoms with Crippen LogP contribution in [0.1, 0.15) is 12.8 Å². The molecule has 0 atom stereocenters. The highest BCUT2D eigenvalue weighted by atomic mass is 15.4. The van der Waals surface area contributed by atoms with E-state index < -0.39 is 0 Å². The molecule has 0 aliphatic carbocycles. The van der Waals surface area contributed by atoms with Crippen LogP contribution in [0.3, 0.4) is 0 Å². The maximum absolute atomic E-state index is 5.64. The molecule has 0 radical (unpaired) electrons. The van der Waals surface area contributed by atoms with Crippen molar-refractivity contribution in [3.05, 3.63) is 30.3 Å². The second-order valence-corrected chi connectivity index (χ2v) is 5.61. The number of benzene rings is 1. The summed E-state index contributed by atoms with van der Waals surface area (Å²) in [4.78, 5) is 9.08. The molecule has 3 N–H and O–H groups in total. The minimum Gasteiger partial charge on any atom is -0.342 e. The lowest BCUT2D eigenvalue weighted by molar-refractivity contribution is 0.216. The molecular formula is C15H25N5. The number of likely N-dealkylation sites (tertiary alicyclic amines) is 1. The number of nitrogens with one attached hydrogen (secondary N) is 1. The Morgan fingerprint density at radius 1 is 1.30 bits per heavy atom. The molecule has 1 fully saturated rings. The summed E-state index contributed by atoms with van der Waals surface area (Å²) in [6.07, 6.45) is 2.38. The maximum atomic E-state index is 5.64. The first-order valence-corrected chi connectivity index (χ1v) is 7.19. The van der Waals surface area contributed by atoms with Crippen molar-refractivity contribution in [2.75, 3.05) is 33.7 Å². The standard InChI is InChI=1S/C15H25N5/c1-19(2)12-13-8-10-20(11-9-13)15(18-16)17-14-6-4-3-5-7-14/h3-7,13H,8-12,16H2,1-2H3,(H,17,18). The zero-order valence-corrected chi connectivity index (χ0v) is 12.4. The van der Waals surface area contributed by atoms with E-state index in [9.17, 15) is 0 Å². The summed E-state index contributed by atoms with van der Waals surface area (Å²) < 4.78 is 0. The van der Waals surface area contributed by atoms with Gasteiger partial charge >= 0.3 is 0 Å². The Bertz CT molecular complexity index is 421. The van der Waals surface area contributed by atoms with E-state index in [1.54, 1.807) is 0 Å². The van der Waals surface area contributed by atoms with E-state index >= 15 is 0 Å². The minimum atomic E-state index is 0.763. The van der Waals surface area contributed by atoms with Gasteiger partial charge in [-0.05, 0) is 45.0 Å². The first-order valence-electron chi connectivity index (χ1n) is 7.19. The molecule has 0 unspecified atom stereocenters. The van der Waals surface area contributed by atoms with Gasteiger partial charge in [0, 0.05) is 19.6 Å². The molecule has 20 heavy (non-hydrogen) atoms. The van der Waals surface area contributed by atoms with Gasteiger partial charge in [0.2, 0.25) is 5.96 Å². The second kappa shape index (κ2) is 7.26. The van der Waals surface area contributed by atoms with E-state index in [4.69, 9.17) is 5.84 Å². The molecule has 110 valence electrons. The van der Waals surface area contributed by atoms with Crippen molar-refractivity contribution in [1.29, 1.82) is 0 Å². The molecule has 1 aromatic rings. The SMILES string of the molecule is CN(C)CC1CCN(C(=Nc2ccccc2)NN)CC1. The third-order valence-corrected chi connectivity index (χ3v) is 3.66. The fourth-order valence-corrected chi connectivity index (χ4v) is 2.66. The van der Waals surface area contributed by atoms with Gasteiger partial charge in [-0.1, -0.05) is 18.2 Å². The predicted molar refractivity (Wildman–Crippen MR) is 83.7 cm³/mol. The van der Waals surface area contributed by atoms with Crippen LogP contribution in [-0.2, 0) is 0 Å². The number of hydrazine groups is 1. The smallest absolute Gasteiger partial charge is 0.213 e. The van der Waals surface area contributed by atoms with Crippen molar-refractivity contribution >= 4 is 11.6 Å². The summed E-state index contributed by atoms with van der Waals surface area (Å²) in [7, 11) is 4.27. The zero-order valence-electron chi connectivity index (χ0n) is 12.4. The van der Waals surface area contributed by atoms with Gasteiger partial charge in [0.05, 0.1) is 5.69 Å². The molecule has 1 heterocycles. The molecule has 0 spiro atoms. The summed E-state index contributed by atoms with van der Waals surface area (Å²) in [5.41, 5.74) is 3.67. The highest BCUT2D eigenvalue weighted by molar-refractivity contribution is 5.82. The Balaban J connectivity index is 1.95. The number of nitrogens with two attached hydrogens (primary N) is 1. The van der Waals surface area contributed by atoms with Gasteiger partial charge in [-0.2, -0.15) is 0 Å². The van der Waals surface area contributed by atoms with Crippen LogP contribution in [0.5, 0.6) is 0 Å². The largest absolute Gasteiger partial charge is 0.342 e. The molecule has 0 bridgehead atoms. The molecular weight excluding hydrogens is 250 g/mol. The Kier molecular flexibility index (Phi) is 5.38. The number of hydrogen-bond acceptors (Lipinski definition) is 3. The average molecular weight is 275 g/mol. The fourth-order valence-electron chi connectivity index (χ4n) is 2.66. The van der Waals surface area contributed by atoms with E-state index in [-0.39, 0.29) is 0 Å². The summed E-state index contributed by atoms with van der Waals surface area (Å²) in [5.74, 6) is 7.17. The number of para-hydroxylation sites is 1. The van der Waals surface area contributed by atoms with Crippen LogP contribution < -0.4 is 11.3 Å². The van der Waals surface area contributed by atoms with E-state index in [1.807, 2.05) is 30.3 Å². The van der Waals surface area contributed by atoms with Crippen molar-refractivity contribution in [2.45, 2.75) is 12.8 Å². The van der Waals surface area contributed by atoms with Gasteiger partial charge in [0.1, 0.15) is 0 Å². The predicted octanol–water partition coefficient (Wildman–Crippen LogP) is 1.41. The zero-order chi connectivity index (χ0) is 14.4. The molecule has 5 heteroatoms. The van der Waals surface area contributed by atoms with Crippen LogP contribution in [0.25, 0.3) is 0 Å². The van der Waals surface area contributed by atoms with Crippen LogP contribution in [0.2, 0.25) is 0 Å². The number of guanidine groups is 1. The Morgan fingerprint density at radius 2 is 1.95 bits per heavy atom. The van der Waals surface area contributed by atoms with E-state index in [2.05, 4.69) is 34.3 Å². The summed E-state index contributed by atoms with van der Waals surface area (Å²) >= 11 is 0. The lowest BCUT2D eigenvalue weighted by Crippen LogP contribution is -2.48. The second-order valence-electron chi connectivity index (χ2n) is 5.61. The van der Waals surface area contributed by atoms with Crippen molar-refractivity contribution in [2.24, 2.45) is 16.8 Å². The first kappa shape index (κ1) is 14.8. The van der Waals surface area contributed by atoms with Crippen LogP contribution in [0, 0.1) is 5.92 Å². The first-order chi connectivity index (χ1) is 9.69. The molecule has 1 aliphatic rings. The van der Waals surface area contributed by atoms with Gasteiger partial charge in [-0.3, -0.25) is 5.43 Å². The summed E-state index contributed by atoms with van der Waals surface area (Å²) in [6, 6.07) is 9.92. The van der Waals surface area contributed by atoms with Gasteiger partial charge in [-0.25, -0.2) is 10.8 Å². The molecule has 0 aromatic heterocycles. The highest BCUT2D eigenvalue weighted by Gasteiger charge is 2.21. The van der Waals surface area contributed by atoms with Crippen LogP contribution >= 0.6 is 0 Å². The topological polar surface area (TPSA) is 56.9 Å². The van der Waals surface area contributed by atoms with Crippen molar-refractivity contribution in [3.63, 3.8) is 0 Å². The molecule has 1 aliphatic heterocycles. The number of rotatable bonds is 3. The highest BCUT2D eigenvalue weighted by Crippen LogP contribution is 2.19. The van der Waals surface area contributed by atoms with Crippen LogP contribution in [-0.4, -0.2) is 49.5 Å². The molecule has 2 rings (SSSR count). The molecule has 5 nitrogen and oxygen atoms in total. The Labute approximate surface area is 121 Å². The Morgan fingerprint density at radius 3 is 2.50 bits per heavy atom. The Hall–Kier alpha value is -1.59. The third-order valence-electron chi connectivity index (χ3n) is 3.66. The molecule has 1 aromatic carbocycles. The van der Waals surface area contributed by atoms with E-state index in [1.165, 1.54) is 12.8 Å². The lowest BCUT2D eigenvalue weighted by Gasteiger charge is -2.34. The minimum absolute atomic E-state index is 0.763. The summed E-state index contributed by atoms with van der Waals surface area (Å²) in [5, 5.41) is 0. The number of hydrogen-bond donors (Lipinski definition) is 2. The van der Waals surface area contributed by atoms with Crippen LogP contribution in [0.15, 0.2) is 35.3 Å². The van der Waals surface area contributed by atoms with Crippen molar-refractivity contribution < 1.29 is 0 Å². The average Bonchev–Trinajstić information content (AvgIpc) is 2.46. The lowest BCUT2D eigenvalue weighted by atomic mass is 9.96. The van der Waals surface area contributed by atoms with Crippen molar-refractivity contribution in [1.82, 2.24) is 15.2 Å². The van der Waals surface area contributed by atoms with Crippen LogP contribution in [0.4, 0.5) is 5.69 Å². The third kappa shape index (κ3) is 4.21. The molecule has 0 amide bonds. The maximum Gasteiger partial charge on any atom is 0.213 e. The normalized spacial score (nSPS) is 17.6. The van der Waals surface area contributed by atoms with Crippen molar-refractivity contribution in [3.8, 4) is 0 Å². The van der Waals surface area contributed by atoms with Gasteiger partial charge in [-0.15, -0.1) is 0 Å². The van der Waals surface area contributed by atoms with Gasteiger partial charge < -0.3 is 9.80 Å². The molecule has 0 saturated carbocycles. The number of nitrogens with zero attached hydrogens (tertiary/aromatic N) is 3. The monoisotopic (exact) mass is 275 g/mol. The fraction of sp³-hybridized carbons (Fsp3) is 0.533. The van der Waals surface area contributed by atoms with E-state index in [0.717, 1.165) is 37.2 Å². The number of aliphatic imine (C=N–C) groups is 1. The quantitative estimate of drug-likeness (QED) is 0.379. The van der Waals surface area contributed by atoms with Gasteiger partial charge in [0.25, 0.3) is 0 Å². The van der Waals surface area contributed by atoms with E-state index in [0.29, 0.717) is 0 Å². The molecule has 1 saturated heterocycles. The van der Waals surface area contributed by atoms with Gasteiger partial charge in [0.15, 0.2) is 0 Å². The summed E-state index contributed by atoms with van der Waals surface area (Å²) in [6.45, 7) is 3.18.